The van der Waals surface area contributed by atoms with Gasteiger partial charge in [-0.3, -0.25) is 4.79 Å². The van der Waals surface area contributed by atoms with Crippen molar-refractivity contribution < 1.29 is 14.6 Å². The second-order valence-electron chi connectivity index (χ2n) is 4.83. The van der Waals surface area contributed by atoms with Gasteiger partial charge in [-0.1, -0.05) is 11.8 Å². The molecule has 1 unspecified atom stereocenters. The third-order valence-electron chi connectivity index (χ3n) is 3.27. The molecule has 0 aromatic heterocycles. The van der Waals surface area contributed by atoms with Crippen LogP contribution in [0.15, 0.2) is 18.2 Å². The van der Waals surface area contributed by atoms with Crippen LogP contribution >= 0.6 is 0 Å². The van der Waals surface area contributed by atoms with Crippen LogP contribution in [0, 0.1) is 18.8 Å². The number of aryl methyl sites for hydroxylation is 1. The molecule has 1 aromatic rings. The minimum atomic E-state index is -0.336. The minimum Gasteiger partial charge on any atom is -0.384 e. The van der Waals surface area contributed by atoms with Crippen molar-refractivity contribution in [2.45, 2.75) is 32.3 Å². The lowest BCUT2D eigenvalue weighted by Gasteiger charge is -2.22. The van der Waals surface area contributed by atoms with Gasteiger partial charge < -0.3 is 15.2 Å². The van der Waals surface area contributed by atoms with Crippen molar-refractivity contribution in [1.29, 1.82) is 0 Å². The van der Waals surface area contributed by atoms with Crippen molar-refractivity contribution in [1.82, 2.24) is 0 Å². The molecule has 0 bridgehead atoms. The summed E-state index contributed by atoms with van der Waals surface area (Å²) in [6, 6.07) is 5.55. The van der Waals surface area contributed by atoms with Crippen molar-refractivity contribution >= 4 is 11.6 Å². The minimum absolute atomic E-state index is 0.0815. The number of carbonyl (C=O) groups excluding carboxylic acids is 1. The third kappa shape index (κ3) is 3.83. The Balaban J connectivity index is 2.03. The molecule has 2 N–H and O–H groups in total. The summed E-state index contributed by atoms with van der Waals surface area (Å²) in [5.41, 5.74) is 2.54. The molecular weight excluding hydrogens is 254 g/mol. The summed E-state index contributed by atoms with van der Waals surface area (Å²) in [4.78, 5) is 12.1. The molecule has 1 heterocycles. The first-order valence-corrected chi connectivity index (χ1v) is 6.83. The zero-order valence-electron chi connectivity index (χ0n) is 11.6. The van der Waals surface area contributed by atoms with Gasteiger partial charge in [0, 0.05) is 17.9 Å². The van der Waals surface area contributed by atoms with Crippen LogP contribution < -0.4 is 5.32 Å². The number of amides is 1. The number of anilines is 1. The van der Waals surface area contributed by atoms with Gasteiger partial charge in [-0.25, -0.2) is 0 Å². The van der Waals surface area contributed by atoms with Gasteiger partial charge in [-0.15, -0.1) is 0 Å². The molecule has 4 heteroatoms. The van der Waals surface area contributed by atoms with Crippen LogP contribution in [0.3, 0.4) is 0 Å². The van der Waals surface area contributed by atoms with Crippen LogP contribution in [0.25, 0.3) is 0 Å². The zero-order chi connectivity index (χ0) is 14.4. The molecule has 106 valence electrons. The number of aliphatic hydroxyl groups is 1. The van der Waals surface area contributed by atoms with Crippen molar-refractivity contribution in [3.63, 3.8) is 0 Å². The molecule has 1 amide bonds. The summed E-state index contributed by atoms with van der Waals surface area (Å²) >= 11 is 0. The quantitative estimate of drug-likeness (QED) is 0.808. The highest BCUT2D eigenvalue weighted by Crippen LogP contribution is 2.19. The van der Waals surface area contributed by atoms with E-state index in [0.717, 1.165) is 36.1 Å². The predicted molar refractivity (Wildman–Crippen MR) is 77.4 cm³/mol. The number of aliphatic hydroxyl groups excluding tert-OH is 1. The fourth-order valence-electron chi connectivity index (χ4n) is 2.18. The fourth-order valence-corrected chi connectivity index (χ4v) is 2.18. The topological polar surface area (TPSA) is 58.6 Å². The molecule has 1 aliphatic heterocycles. The summed E-state index contributed by atoms with van der Waals surface area (Å²) in [6.07, 6.45) is 2.51. The fraction of sp³-hybridized carbons (Fsp3) is 0.438. The number of hydrogen-bond donors (Lipinski definition) is 2. The van der Waals surface area contributed by atoms with E-state index in [2.05, 4.69) is 17.2 Å². The van der Waals surface area contributed by atoms with E-state index in [-0.39, 0.29) is 18.6 Å². The van der Waals surface area contributed by atoms with Gasteiger partial charge in [0.2, 0.25) is 0 Å². The lowest BCUT2D eigenvalue weighted by atomic mass is 10.1. The Bertz CT molecular complexity index is 536. The predicted octanol–water partition coefficient (Wildman–Crippen LogP) is 1.85. The number of benzene rings is 1. The average Bonchev–Trinajstić information content (AvgIpc) is 2.48. The second-order valence-corrected chi connectivity index (χ2v) is 4.83. The molecule has 0 radical (unpaired) electrons. The van der Waals surface area contributed by atoms with Gasteiger partial charge in [0.05, 0.1) is 0 Å². The Morgan fingerprint density at radius 1 is 1.50 bits per heavy atom. The molecule has 1 saturated heterocycles. The number of carbonyl (C=O) groups is 1. The van der Waals surface area contributed by atoms with Crippen molar-refractivity contribution in [2.24, 2.45) is 0 Å². The van der Waals surface area contributed by atoms with Crippen LogP contribution in [0.4, 0.5) is 5.69 Å². The number of nitrogens with one attached hydrogen (secondary N) is 1. The highest BCUT2D eigenvalue weighted by molar-refractivity contribution is 5.94. The van der Waals surface area contributed by atoms with Crippen LogP contribution in [0.5, 0.6) is 0 Å². The Labute approximate surface area is 119 Å². The molecule has 0 aliphatic carbocycles. The number of hydrogen-bond acceptors (Lipinski definition) is 3. The largest absolute Gasteiger partial charge is 0.384 e. The number of rotatable bonds is 2. The molecular formula is C16H19NO3. The average molecular weight is 273 g/mol. The molecule has 20 heavy (non-hydrogen) atoms. The highest BCUT2D eigenvalue weighted by atomic mass is 16.5. The van der Waals surface area contributed by atoms with Crippen LogP contribution in [-0.4, -0.2) is 30.3 Å². The summed E-state index contributed by atoms with van der Waals surface area (Å²) in [5, 5.41) is 11.6. The molecule has 1 fully saturated rings. The Kier molecular flexibility index (Phi) is 5.16. The SMILES string of the molecule is Cc1cc(C#CCO)ccc1NC(=O)C1CCCCO1. The first kappa shape index (κ1) is 14.6. The second kappa shape index (κ2) is 7.09. The summed E-state index contributed by atoms with van der Waals surface area (Å²) in [5.74, 6) is 5.36. The summed E-state index contributed by atoms with van der Waals surface area (Å²) in [7, 11) is 0. The molecule has 0 spiro atoms. The Morgan fingerprint density at radius 3 is 3.00 bits per heavy atom. The first-order chi connectivity index (χ1) is 9.70. The molecule has 2 rings (SSSR count). The number of ether oxygens (including phenoxy) is 1. The lowest BCUT2D eigenvalue weighted by Crippen LogP contribution is -2.33. The summed E-state index contributed by atoms with van der Waals surface area (Å²) < 4.78 is 5.47. The van der Waals surface area contributed by atoms with E-state index in [4.69, 9.17) is 9.84 Å². The Morgan fingerprint density at radius 2 is 2.35 bits per heavy atom. The van der Waals surface area contributed by atoms with Gasteiger partial charge in [0.1, 0.15) is 12.7 Å². The molecule has 1 aliphatic rings. The lowest BCUT2D eigenvalue weighted by molar-refractivity contribution is -0.129. The van der Waals surface area contributed by atoms with E-state index < -0.39 is 0 Å². The molecule has 1 aromatic carbocycles. The highest BCUT2D eigenvalue weighted by Gasteiger charge is 2.22. The molecule has 4 nitrogen and oxygen atoms in total. The van der Waals surface area contributed by atoms with Gasteiger partial charge in [0.15, 0.2) is 0 Å². The van der Waals surface area contributed by atoms with E-state index >= 15 is 0 Å². The monoisotopic (exact) mass is 273 g/mol. The van der Waals surface area contributed by atoms with Crippen LogP contribution in [-0.2, 0) is 9.53 Å². The van der Waals surface area contributed by atoms with E-state index in [1.54, 1.807) is 0 Å². The molecule has 0 saturated carbocycles. The third-order valence-corrected chi connectivity index (χ3v) is 3.27. The first-order valence-electron chi connectivity index (χ1n) is 6.83. The van der Waals surface area contributed by atoms with Gasteiger partial charge in [-0.2, -0.15) is 0 Å². The van der Waals surface area contributed by atoms with E-state index in [9.17, 15) is 4.79 Å². The molecule has 1 atom stereocenters. The standard InChI is InChI=1S/C16H19NO3/c1-12-11-13(5-4-9-18)7-8-14(12)17-16(19)15-6-2-3-10-20-15/h7-8,11,15,18H,2-3,6,9-10H2,1H3,(H,17,19). The van der Waals surface area contributed by atoms with Crippen molar-refractivity contribution in [2.75, 3.05) is 18.5 Å². The van der Waals surface area contributed by atoms with E-state index in [1.165, 1.54) is 0 Å². The maximum absolute atomic E-state index is 12.1. The van der Waals surface area contributed by atoms with Gasteiger partial charge >= 0.3 is 0 Å². The summed E-state index contributed by atoms with van der Waals surface area (Å²) in [6.45, 7) is 2.42. The van der Waals surface area contributed by atoms with E-state index in [0.29, 0.717) is 6.61 Å². The van der Waals surface area contributed by atoms with Crippen molar-refractivity contribution in [3.8, 4) is 11.8 Å². The van der Waals surface area contributed by atoms with Crippen LogP contribution in [0.2, 0.25) is 0 Å². The van der Waals surface area contributed by atoms with Gasteiger partial charge in [0.25, 0.3) is 5.91 Å². The Hall–Kier alpha value is -1.83. The smallest absolute Gasteiger partial charge is 0.253 e. The normalized spacial score (nSPS) is 18.0. The van der Waals surface area contributed by atoms with E-state index in [1.807, 2.05) is 25.1 Å². The van der Waals surface area contributed by atoms with Crippen LogP contribution in [0.1, 0.15) is 30.4 Å². The zero-order valence-corrected chi connectivity index (χ0v) is 11.6. The van der Waals surface area contributed by atoms with Gasteiger partial charge in [-0.05, 0) is 49.9 Å². The van der Waals surface area contributed by atoms with Crippen molar-refractivity contribution in [3.05, 3.63) is 29.3 Å². The maximum atomic E-state index is 12.1. The maximum Gasteiger partial charge on any atom is 0.253 e.